The molecule has 78 valence electrons. The minimum Gasteiger partial charge on any atom is -0.352 e. The van der Waals surface area contributed by atoms with E-state index in [1.807, 2.05) is 0 Å². The summed E-state index contributed by atoms with van der Waals surface area (Å²) >= 11 is 0. The van der Waals surface area contributed by atoms with Crippen molar-refractivity contribution in [3.8, 4) is 0 Å². The number of hydrogen-bond donors (Lipinski definition) is 2. The van der Waals surface area contributed by atoms with Gasteiger partial charge in [-0.25, -0.2) is 0 Å². The van der Waals surface area contributed by atoms with Crippen molar-refractivity contribution in [2.45, 2.75) is 25.4 Å². The van der Waals surface area contributed by atoms with Crippen LogP contribution in [0.2, 0.25) is 0 Å². The molecule has 2 N–H and O–H groups in total. The summed E-state index contributed by atoms with van der Waals surface area (Å²) in [6.45, 7) is 6.33. The summed E-state index contributed by atoms with van der Waals surface area (Å²) < 4.78 is 34.5. The van der Waals surface area contributed by atoms with Crippen molar-refractivity contribution in [2.75, 3.05) is 6.61 Å². The zero-order valence-corrected chi connectivity index (χ0v) is 8.47. The van der Waals surface area contributed by atoms with E-state index in [0.29, 0.717) is 5.57 Å². The van der Waals surface area contributed by atoms with Gasteiger partial charge in [0.25, 0.3) is 5.12 Å². The molecular formula is C7H14O5S. The fourth-order valence-electron chi connectivity index (χ4n) is 0.595. The Hall–Kier alpha value is -0.430. The third kappa shape index (κ3) is 3.43. The Morgan fingerprint density at radius 1 is 1.62 bits per heavy atom. The Kier molecular flexibility index (Phi) is 4.05. The highest BCUT2D eigenvalue weighted by molar-refractivity contribution is 7.86. The molecule has 0 aliphatic rings. The first kappa shape index (κ1) is 12.6. The van der Waals surface area contributed by atoms with E-state index in [9.17, 15) is 13.5 Å². The summed E-state index contributed by atoms with van der Waals surface area (Å²) in [6.07, 6.45) is -0.251. The maximum atomic E-state index is 10.6. The van der Waals surface area contributed by atoms with E-state index >= 15 is 0 Å². The molecule has 6 heteroatoms. The first-order valence-electron chi connectivity index (χ1n) is 3.70. The highest BCUT2D eigenvalue weighted by atomic mass is 32.2. The van der Waals surface area contributed by atoms with Gasteiger partial charge in [0.2, 0.25) is 0 Å². The molecule has 0 radical (unpaired) electrons. The van der Waals surface area contributed by atoms with Crippen LogP contribution in [0.3, 0.4) is 0 Å². The Balaban J connectivity index is 4.57. The van der Waals surface area contributed by atoms with Crippen molar-refractivity contribution in [1.29, 1.82) is 0 Å². The third-order valence-corrected chi connectivity index (χ3v) is 2.61. The molecule has 0 aromatic heterocycles. The molecule has 13 heavy (non-hydrogen) atoms. The smallest absolute Gasteiger partial charge is 0.321 e. The Morgan fingerprint density at radius 3 is 2.31 bits per heavy atom. The maximum Gasteiger partial charge on any atom is 0.321 e. The van der Waals surface area contributed by atoms with Gasteiger partial charge in [0.15, 0.2) is 0 Å². The lowest BCUT2D eigenvalue weighted by atomic mass is 10.4. The van der Waals surface area contributed by atoms with Crippen molar-refractivity contribution < 1.29 is 22.8 Å². The summed E-state index contributed by atoms with van der Waals surface area (Å²) in [5, 5.41) is 6.78. The summed E-state index contributed by atoms with van der Waals surface area (Å²) in [6, 6.07) is 0. The van der Waals surface area contributed by atoms with Gasteiger partial charge in [0.1, 0.15) is 0 Å². The lowest BCUT2D eigenvalue weighted by Gasteiger charge is -2.23. The van der Waals surface area contributed by atoms with Crippen LogP contribution in [0.15, 0.2) is 12.2 Å². The summed E-state index contributed by atoms with van der Waals surface area (Å²) in [5.74, 6) is 0. The van der Waals surface area contributed by atoms with Gasteiger partial charge in [-0.2, -0.15) is 8.42 Å². The molecule has 5 nitrogen and oxygen atoms in total. The molecule has 1 unspecified atom stereocenters. The van der Waals surface area contributed by atoms with E-state index in [-0.39, 0.29) is 13.0 Å². The van der Waals surface area contributed by atoms with Gasteiger partial charge >= 0.3 is 10.1 Å². The number of hydrogen-bond acceptors (Lipinski definition) is 4. The molecule has 0 aliphatic heterocycles. The van der Waals surface area contributed by atoms with Crippen LogP contribution in [0.1, 0.15) is 20.3 Å². The van der Waals surface area contributed by atoms with Crippen LogP contribution in [0, 0.1) is 0 Å². The second-order valence-electron chi connectivity index (χ2n) is 2.79. The molecule has 0 aromatic rings. The molecule has 0 bridgehead atoms. The molecule has 0 spiro atoms. The maximum absolute atomic E-state index is 10.6. The van der Waals surface area contributed by atoms with E-state index < -0.39 is 15.2 Å². The van der Waals surface area contributed by atoms with Crippen LogP contribution in [0.4, 0.5) is 0 Å². The van der Waals surface area contributed by atoms with E-state index in [0.717, 1.165) is 0 Å². The van der Waals surface area contributed by atoms with Crippen LogP contribution >= 0.6 is 0 Å². The predicted octanol–water partition coefficient (Wildman–Crippen LogP) is 0.523. The Bertz CT molecular complexity index is 281. The van der Waals surface area contributed by atoms with Crippen molar-refractivity contribution >= 4 is 10.1 Å². The summed E-state index contributed by atoms with van der Waals surface area (Å²) in [5.41, 5.74) is 0.551. The molecular weight excluding hydrogens is 196 g/mol. The monoisotopic (exact) mass is 210 g/mol. The number of rotatable bonds is 5. The van der Waals surface area contributed by atoms with E-state index in [1.165, 1.54) is 6.92 Å². The van der Waals surface area contributed by atoms with E-state index in [1.54, 1.807) is 6.92 Å². The average molecular weight is 210 g/mol. The Morgan fingerprint density at radius 2 is 2.08 bits per heavy atom. The van der Waals surface area contributed by atoms with Gasteiger partial charge in [-0.05, 0) is 6.92 Å². The molecule has 0 saturated carbocycles. The topological polar surface area (TPSA) is 83.8 Å². The largest absolute Gasteiger partial charge is 0.352 e. The van der Waals surface area contributed by atoms with Crippen LogP contribution in [0.25, 0.3) is 0 Å². The van der Waals surface area contributed by atoms with Crippen molar-refractivity contribution in [1.82, 2.24) is 0 Å². The highest BCUT2D eigenvalue weighted by Gasteiger charge is 2.40. The zero-order chi connectivity index (χ0) is 10.7. The van der Waals surface area contributed by atoms with Gasteiger partial charge in [0, 0.05) is 6.42 Å². The van der Waals surface area contributed by atoms with Gasteiger partial charge < -0.3 is 9.84 Å². The summed E-state index contributed by atoms with van der Waals surface area (Å²) in [4.78, 5) is 0. The Labute approximate surface area is 77.8 Å². The van der Waals surface area contributed by atoms with Crippen LogP contribution in [0.5, 0.6) is 0 Å². The minimum atomic E-state index is -4.62. The first-order chi connectivity index (χ1) is 5.73. The van der Waals surface area contributed by atoms with Crippen molar-refractivity contribution in [2.24, 2.45) is 0 Å². The molecule has 0 fully saturated rings. The number of ether oxygens (including phenoxy) is 1. The van der Waals surface area contributed by atoms with Crippen LogP contribution in [-0.2, 0) is 14.9 Å². The van der Waals surface area contributed by atoms with Crippen molar-refractivity contribution in [3.05, 3.63) is 12.2 Å². The minimum absolute atomic E-state index is 0.121. The predicted molar refractivity (Wildman–Crippen MR) is 47.6 cm³/mol. The lowest BCUT2D eigenvalue weighted by molar-refractivity contribution is -0.136. The lowest BCUT2D eigenvalue weighted by Crippen LogP contribution is -2.40. The van der Waals surface area contributed by atoms with Gasteiger partial charge in [-0.15, -0.1) is 0 Å². The molecule has 0 rings (SSSR count). The normalized spacial score (nSPS) is 16.6. The van der Waals surface area contributed by atoms with Gasteiger partial charge in [0.05, 0.1) is 6.61 Å². The van der Waals surface area contributed by atoms with Gasteiger partial charge in [-0.1, -0.05) is 19.1 Å². The standard InChI is InChI=1S/C7H14O5S/c1-4-7(8,13(9,10)11)12-5-6(2)3/h8H,2,4-5H2,1,3H3,(H,9,10,11). The molecule has 0 aliphatic carbocycles. The van der Waals surface area contributed by atoms with Crippen LogP contribution in [-0.4, -0.2) is 29.8 Å². The second kappa shape index (κ2) is 4.19. The molecule has 0 amide bonds. The molecule has 1 atom stereocenters. The molecule has 0 aromatic carbocycles. The highest BCUT2D eigenvalue weighted by Crippen LogP contribution is 2.19. The van der Waals surface area contributed by atoms with E-state index in [4.69, 9.17) is 4.55 Å². The SMILES string of the molecule is C=C(C)COC(O)(CC)S(=O)(=O)O. The quantitative estimate of drug-likeness (QED) is 0.392. The second-order valence-corrected chi connectivity index (χ2v) is 4.38. The molecule has 0 saturated heterocycles. The summed E-state index contributed by atoms with van der Waals surface area (Å²) in [7, 11) is -4.62. The fourth-order valence-corrected chi connectivity index (χ4v) is 1.17. The zero-order valence-electron chi connectivity index (χ0n) is 7.65. The number of aliphatic hydroxyl groups is 1. The third-order valence-electron chi connectivity index (χ3n) is 1.39. The van der Waals surface area contributed by atoms with E-state index in [2.05, 4.69) is 11.3 Å². The van der Waals surface area contributed by atoms with Crippen LogP contribution < -0.4 is 0 Å². The van der Waals surface area contributed by atoms with Crippen molar-refractivity contribution in [3.63, 3.8) is 0 Å². The molecule has 0 heterocycles. The van der Waals surface area contributed by atoms with Gasteiger partial charge in [-0.3, -0.25) is 4.55 Å². The first-order valence-corrected chi connectivity index (χ1v) is 5.14. The average Bonchev–Trinajstić information content (AvgIpc) is 1.98. The fraction of sp³-hybridized carbons (Fsp3) is 0.714.